The summed E-state index contributed by atoms with van der Waals surface area (Å²) in [6, 6.07) is 17.4. The molecule has 0 amide bonds. The number of rotatable bonds is 3. The summed E-state index contributed by atoms with van der Waals surface area (Å²) in [6.45, 7) is 1.87. The predicted octanol–water partition coefficient (Wildman–Crippen LogP) is 5.07. The minimum atomic E-state index is -0.0687. The average Bonchev–Trinajstić information content (AvgIpc) is 2.90. The van der Waals surface area contributed by atoms with Crippen molar-refractivity contribution in [2.45, 2.75) is 19.4 Å². The van der Waals surface area contributed by atoms with Gasteiger partial charge < -0.3 is 4.74 Å². The second-order valence-electron chi connectivity index (χ2n) is 5.09. The van der Waals surface area contributed by atoms with E-state index in [4.69, 9.17) is 4.74 Å². The van der Waals surface area contributed by atoms with Crippen molar-refractivity contribution in [2.24, 2.45) is 0 Å². The first-order valence-corrected chi connectivity index (χ1v) is 7.66. The zero-order valence-electron chi connectivity index (χ0n) is 11.7. The molecule has 0 fully saturated rings. The Morgan fingerprint density at radius 3 is 2.43 bits per heavy atom. The van der Waals surface area contributed by atoms with Crippen LogP contribution in [0, 0.1) is 0 Å². The molecule has 1 unspecified atom stereocenters. The van der Waals surface area contributed by atoms with E-state index in [0.717, 1.165) is 21.4 Å². The number of allylic oxidation sites excluding steroid dienone is 1. The molecule has 0 bridgehead atoms. The van der Waals surface area contributed by atoms with Crippen molar-refractivity contribution in [1.29, 1.82) is 0 Å². The second kappa shape index (κ2) is 5.86. The van der Waals surface area contributed by atoms with Crippen molar-refractivity contribution in [3.8, 4) is 0 Å². The molecule has 2 aromatic carbocycles. The van der Waals surface area contributed by atoms with Gasteiger partial charge >= 0.3 is 0 Å². The van der Waals surface area contributed by atoms with Gasteiger partial charge in [0.25, 0.3) is 0 Å². The van der Waals surface area contributed by atoms with Gasteiger partial charge in [0.1, 0.15) is 11.9 Å². The van der Waals surface area contributed by atoms with Crippen LogP contribution < -0.4 is 0 Å². The van der Waals surface area contributed by atoms with Gasteiger partial charge in [-0.2, -0.15) is 0 Å². The third kappa shape index (κ3) is 2.93. The van der Waals surface area contributed by atoms with E-state index >= 15 is 0 Å². The molecule has 2 nitrogen and oxygen atoms in total. The van der Waals surface area contributed by atoms with Gasteiger partial charge in [0, 0.05) is 22.0 Å². The van der Waals surface area contributed by atoms with Gasteiger partial charge in [0.15, 0.2) is 5.78 Å². The van der Waals surface area contributed by atoms with Gasteiger partial charge in [0.05, 0.1) is 0 Å². The van der Waals surface area contributed by atoms with E-state index in [1.165, 1.54) is 0 Å². The summed E-state index contributed by atoms with van der Waals surface area (Å²) in [4.78, 5) is 12.5. The van der Waals surface area contributed by atoms with Gasteiger partial charge in [-0.15, -0.1) is 0 Å². The van der Waals surface area contributed by atoms with Crippen LogP contribution in [0.3, 0.4) is 0 Å². The van der Waals surface area contributed by atoms with Crippen LogP contribution in [0.15, 0.2) is 70.4 Å². The van der Waals surface area contributed by atoms with Gasteiger partial charge in [-0.25, -0.2) is 0 Å². The number of ether oxygens (including phenoxy) is 1. The Bertz CT molecular complexity index is 687. The molecular weight excluding hydrogens is 328 g/mol. The maximum absolute atomic E-state index is 12.5. The SMILES string of the molecule is CC1=C(C(=O)c2ccccc2)CC(c2ccc(Br)cc2)O1. The summed E-state index contributed by atoms with van der Waals surface area (Å²) >= 11 is 3.43. The van der Waals surface area contributed by atoms with Crippen LogP contribution in [0.25, 0.3) is 0 Å². The minimum absolute atomic E-state index is 0.0627. The molecule has 0 saturated carbocycles. The highest BCUT2D eigenvalue weighted by Gasteiger charge is 2.29. The summed E-state index contributed by atoms with van der Waals surface area (Å²) in [5.41, 5.74) is 2.58. The number of carbonyl (C=O) groups excluding carboxylic acids is 1. The zero-order chi connectivity index (χ0) is 14.8. The van der Waals surface area contributed by atoms with Gasteiger partial charge in [-0.1, -0.05) is 58.4 Å². The lowest BCUT2D eigenvalue weighted by atomic mass is 9.97. The lowest BCUT2D eigenvalue weighted by Crippen LogP contribution is -2.03. The maximum atomic E-state index is 12.5. The van der Waals surface area contributed by atoms with Crippen LogP contribution in [0.1, 0.15) is 35.4 Å². The molecule has 0 radical (unpaired) electrons. The molecule has 0 spiro atoms. The van der Waals surface area contributed by atoms with E-state index in [2.05, 4.69) is 15.9 Å². The second-order valence-corrected chi connectivity index (χ2v) is 6.01. The first-order valence-electron chi connectivity index (χ1n) is 6.87. The number of hydrogen-bond donors (Lipinski definition) is 0. The molecule has 1 aliphatic heterocycles. The lowest BCUT2D eigenvalue weighted by molar-refractivity contribution is 0.103. The first kappa shape index (κ1) is 14.1. The quantitative estimate of drug-likeness (QED) is 0.728. The average molecular weight is 343 g/mol. The monoisotopic (exact) mass is 342 g/mol. The largest absolute Gasteiger partial charge is 0.490 e. The summed E-state index contributed by atoms with van der Waals surface area (Å²) in [7, 11) is 0. The van der Waals surface area contributed by atoms with E-state index in [1.807, 2.05) is 61.5 Å². The van der Waals surface area contributed by atoms with Crippen molar-refractivity contribution in [3.63, 3.8) is 0 Å². The highest BCUT2D eigenvalue weighted by atomic mass is 79.9. The van der Waals surface area contributed by atoms with Crippen molar-refractivity contribution < 1.29 is 9.53 Å². The van der Waals surface area contributed by atoms with Crippen LogP contribution in [0.5, 0.6) is 0 Å². The Hall–Kier alpha value is -1.87. The molecule has 1 aliphatic rings. The summed E-state index contributed by atoms with van der Waals surface area (Å²) in [5.74, 6) is 0.796. The molecule has 0 saturated heterocycles. The van der Waals surface area contributed by atoms with Gasteiger partial charge in [-0.3, -0.25) is 4.79 Å². The summed E-state index contributed by atoms with van der Waals surface area (Å²) in [5, 5.41) is 0. The van der Waals surface area contributed by atoms with Gasteiger partial charge in [0.2, 0.25) is 0 Å². The highest BCUT2D eigenvalue weighted by Crippen LogP contribution is 2.37. The van der Waals surface area contributed by atoms with Gasteiger partial charge in [-0.05, 0) is 24.6 Å². The molecular formula is C18H15BrO2. The number of carbonyl (C=O) groups is 1. The normalized spacial score (nSPS) is 17.7. The standard InChI is InChI=1S/C18H15BrO2/c1-12-16(18(20)14-5-3-2-4-6-14)11-17(21-12)13-7-9-15(19)10-8-13/h2-10,17H,11H2,1H3. The Kier molecular flexibility index (Phi) is 3.93. The molecule has 0 aromatic heterocycles. The lowest BCUT2D eigenvalue weighted by Gasteiger charge is -2.11. The van der Waals surface area contributed by atoms with Crippen molar-refractivity contribution in [3.05, 3.63) is 81.5 Å². The van der Waals surface area contributed by atoms with Crippen molar-refractivity contribution in [1.82, 2.24) is 0 Å². The van der Waals surface area contributed by atoms with E-state index in [-0.39, 0.29) is 11.9 Å². The third-order valence-corrected chi connectivity index (χ3v) is 4.21. The van der Waals surface area contributed by atoms with Crippen molar-refractivity contribution in [2.75, 3.05) is 0 Å². The van der Waals surface area contributed by atoms with Crippen LogP contribution >= 0.6 is 15.9 Å². The fourth-order valence-electron chi connectivity index (χ4n) is 2.53. The number of Topliss-reactive ketones (excluding diaryl/α,β-unsaturated/α-hetero) is 1. The van der Waals surface area contributed by atoms with E-state index < -0.39 is 0 Å². The fraction of sp³-hybridized carbons (Fsp3) is 0.167. The Balaban J connectivity index is 1.81. The maximum Gasteiger partial charge on any atom is 0.192 e. The van der Waals surface area contributed by atoms with Crippen LogP contribution in [0.4, 0.5) is 0 Å². The molecule has 0 aliphatic carbocycles. The molecule has 21 heavy (non-hydrogen) atoms. The van der Waals surface area contributed by atoms with Crippen LogP contribution in [-0.4, -0.2) is 5.78 Å². The molecule has 2 aromatic rings. The Morgan fingerprint density at radius 2 is 1.76 bits per heavy atom. The molecule has 1 heterocycles. The smallest absolute Gasteiger partial charge is 0.192 e. The molecule has 1 atom stereocenters. The minimum Gasteiger partial charge on any atom is -0.490 e. The zero-order valence-corrected chi connectivity index (χ0v) is 13.3. The van der Waals surface area contributed by atoms with E-state index in [9.17, 15) is 4.79 Å². The number of ketones is 1. The number of hydrogen-bond acceptors (Lipinski definition) is 2. The topological polar surface area (TPSA) is 26.3 Å². The molecule has 3 heteroatoms. The number of benzene rings is 2. The molecule has 3 rings (SSSR count). The highest BCUT2D eigenvalue weighted by molar-refractivity contribution is 9.10. The summed E-state index contributed by atoms with van der Waals surface area (Å²) in [6.07, 6.45) is 0.557. The summed E-state index contributed by atoms with van der Waals surface area (Å²) < 4.78 is 6.92. The van der Waals surface area contributed by atoms with E-state index in [0.29, 0.717) is 12.0 Å². The first-order chi connectivity index (χ1) is 10.1. The molecule has 106 valence electrons. The number of halogens is 1. The fourth-order valence-corrected chi connectivity index (χ4v) is 2.80. The Labute approximate surface area is 132 Å². The third-order valence-electron chi connectivity index (χ3n) is 3.69. The predicted molar refractivity (Wildman–Crippen MR) is 86.1 cm³/mol. The van der Waals surface area contributed by atoms with E-state index in [1.54, 1.807) is 0 Å². The Morgan fingerprint density at radius 1 is 1.10 bits per heavy atom. The van der Waals surface area contributed by atoms with Crippen LogP contribution in [-0.2, 0) is 4.74 Å². The van der Waals surface area contributed by atoms with Crippen LogP contribution in [0.2, 0.25) is 0 Å². The van der Waals surface area contributed by atoms with Crippen molar-refractivity contribution >= 4 is 21.7 Å². The molecule has 0 N–H and O–H groups in total.